The van der Waals surface area contributed by atoms with Crippen LogP contribution in [0.1, 0.15) is 43.9 Å². The molecule has 0 amide bonds. The minimum atomic E-state index is -3.35. The smallest absolute Gasteiger partial charge is 0.252 e. The second kappa shape index (κ2) is 12.8. The number of thiophene rings is 1. The summed E-state index contributed by atoms with van der Waals surface area (Å²) < 4.78 is 27.6. The Kier molecular flexibility index (Phi) is 11.6. The van der Waals surface area contributed by atoms with E-state index in [2.05, 4.69) is 21.8 Å². The van der Waals surface area contributed by atoms with E-state index in [1.807, 2.05) is 26.1 Å². The van der Waals surface area contributed by atoms with E-state index < -0.39 is 10.0 Å². The number of hydrogen-bond donors (Lipinski definition) is 1. The summed E-state index contributed by atoms with van der Waals surface area (Å²) >= 11 is 1.33. The third-order valence-corrected chi connectivity index (χ3v) is 7.97. The molecule has 1 aromatic rings. The van der Waals surface area contributed by atoms with Crippen molar-refractivity contribution in [1.29, 1.82) is 0 Å². The minimum Gasteiger partial charge on any atom is -0.357 e. The molecule has 0 radical (unpaired) electrons. The van der Waals surface area contributed by atoms with Crippen molar-refractivity contribution < 1.29 is 8.42 Å². The van der Waals surface area contributed by atoms with Gasteiger partial charge in [-0.1, -0.05) is 12.5 Å². The van der Waals surface area contributed by atoms with Crippen LogP contribution in [0, 0.1) is 0 Å². The number of guanidine groups is 1. The maximum absolute atomic E-state index is 12.8. The summed E-state index contributed by atoms with van der Waals surface area (Å²) in [6.45, 7) is 9.24. The van der Waals surface area contributed by atoms with Crippen molar-refractivity contribution in [3.05, 3.63) is 29.7 Å². The Hall–Kier alpha value is -0.650. The van der Waals surface area contributed by atoms with Crippen LogP contribution in [0.25, 0.3) is 0 Å². The quantitative estimate of drug-likeness (QED) is 0.170. The molecular weight excluding hydrogens is 507 g/mol. The van der Waals surface area contributed by atoms with Crippen LogP contribution in [0.2, 0.25) is 0 Å². The van der Waals surface area contributed by atoms with Gasteiger partial charge in [-0.25, -0.2) is 13.4 Å². The molecule has 0 aliphatic carbocycles. The fraction of sp³-hybridized carbons (Fsp3) is 0.632. The Morgan fingerprint density at radius 1 is 1.36 bits per heavy atom. The number of unbranched alkanes of at least 4 members (excludes halogenated alkanes) is 1. The van der Waals surface area contributed by atoms with Crippen molar-refractivity contribution in [3.8, 4) is 0 Å². The predicted octanol–water partition coefficient (Wildman–Crippen LogP) is 3.90. The van der Waals surface area contributed by atoms with Crippen LogP contribution in [0.3, 0.4) is 0 Å². The maximum Gasteiger partial charge on any atom is 0.252 e. The van der Waals surface area contributed by atoms with Gasteiger partial charge in [-0.3, -0.25) is 0 Å². The van der Waals surface area contributed by atoms with E-state index in [1.54, 1.807) is 10.4 Å². The normalized spacial score (nSPS) is 15.7. The van der Waals surface area contributed by atoms with Crippen molar-refractivity contribution in [2.75, 3.05) is 33.2 Å². The molecule has 1 N–H and O–H groups in total. The molecule has 0 unspecified atom stereocenters. The summed E-state index contributed by atoms with van der Waals surface area (Å²) in [5.41, 5.74) is 0. The molecule has 160 valence electrons. The maximum atomic E-state index is 12.8. The van der Waals surface area contributed by atoms with Gasteiger partial charge in [0, 0.05) is 38.1 Å². The van der Waals surface area contributed by atoms with Gasteiger partial charge >= 0.3 is 0 Å². The molecule has 0 bridgehead atoms. The Morgan fingerprint density at radius 3 is 2.71 bits per heavy atom. The third-order valence-electron chi connectivity index (χ3n) is 4.53. The summed E-state index contributed by atoms with van der Waals surface area (Å²) in [5, 5.41) is 3.30. The summed E-state index contributed by atoms with van der Waals surface area (Å²) in [6, 6.07) is 3.60. The van der Waals surface area contributed by atoms with E-state index in [0.717, 1.165) is 56.0 Å². The predicted molar refractivity (Wildman–Crippen MR) is 129 cm³/mol. The van der Waals surface area contributed by atoms with Crippen molar-refractivity contribution >= 4 is 51.3 Å². The lowest BCUT2D eigenvalue weighted by Gasteiger charge is -2.25. The van der Waals surface area contributed by atoms with Crippen molar-refractivity contribution in [3.63, 3.8) is 0 Å². The molecule has 1 aliphatic heterocycles. The van der Waals surface area contributed by atoms with Crippen molar-refractivity contribution in [2.24, 2.45) is 4.99 Å². The first-order valence-corrected chi connectivity index (χ1v) is 11.9. The van der Waals surface area contributed by atoms with E-state index >= 15 is 0 Å². The molecule has 2 rings (SSSR count). The van der Waals surface area contributed by atoms with Crippen LogP contribution in [0.15, 0.2) is 34.0 Å². The fourth-order valence-electron chi connectivity index (χ4n) is 3.02. The molecule has 2 heterocycles. The number of sulfonamides is 1. The molecule has 9 heteroatoms. The molecule has 1 aromatic heterocycles. The third kappa shape index (κ3) is 7.31. The summed E-state index contributed by atoms with van der Waals surface area (Å²) in [7, 11) is -1.33. The van der Waals surface area contributed by atoms with Crippen LogP contribution in [0.5, 0.6) is 0 Å². The number of halogens is 1. The van der Waals surface area contributed by atoms with Crippen LogP contribution < -0.4 is 5.32 Å². The Labute approximate surface area is 191 Å². The van der Waals surface area contributed by atoms with Gasteiger partial charge in [0.05, 0.1) is 6.54 Å². The molecule has 0 atom stereocenters. The van der Waals surface area contributed by atoms with Gasteiger partial charge in [0.15, 0.2) is 5.96 Å². The van der Waals surface area contributed by atoms with E-state index in [-0.39, 0.29) is 24.0 Å². The number of nitrogens with one attached hydrogen (secondary N) is 1. The summed E-state index contributed by atoms with van der Waals surface area (Å²) in [6.07, 6.45) is 6.95. The second-order valence-corrected chi connectivity index (χ2v) is 10.0. The van der Waals surface area contributed by atoms with Crippen LogP contribution in [-0.2, 0) is 16.6 Å². The van der Waals surface area contributed by atoms with Gasteiger partial charge in [-0.15, -0.1) is 41.9 Å². The van der Waals surface area contributed by atoms with Gasteiger partial charge in [-0.2, -0.15) is 4.31 Å². The van der Waals surface area contributed by atoms with E-state index in [9.17, 15) is 8.42 Å². The largest absolute Gasteiger partial charge is 0.357 e. The average molecular weight is 541 g/mol. The Balaban J connectivity index is 0.00000392. The highest BCUT2D eigenvalue weighted by molar-refractivity contribution is 14.0. The van der Waals surface area contributed by atoms with Gasteiger partial charge in [0.25, 0.3) is 10.0 Å². The Bertz CT molecular complexity index is 728. The summed E-state index contributed by atoms with van der Waals surface area (Å²) in [5.74, 6) is 0.843. The molecule has 6 nitrogen and oxygen atoms in total. The molecule has 1 aliphatic rings. The topological polar surface area (TPSA) is 65.0 Å². The monoisotopic (exact) mass is 540 g/mol. The fourth-order valence-corrected chi connectivity index (χ4v) is 5.97. The van der Waals surface area contributed by atoms with Gasteiger partial charge in [-0.05, 0) is 44.7 Å². The zero-order valence-corrected chi connectivity index (χ0v) is 20.9. The highest BCUT2D eigenvalue weighted by Gasteiger charge is 2.27. The molecular formula is C19H33IN4O2S2. The zero-order valence-electron chi connectivity index (χ0n) is 16.9. The van der Waals surface area contributed by atoms with Gasteiger partial charge in [0.1, 0.15) is 4.21 Å². The van der Waals surface area contributed by atoms with Crippen molar-refractivity contribution in [2.45, 2.75) is 49.8 Å². The van der Waals surface area contributed by atoms with Gasteiger partial charge in [0.2, 0.25) is 0 Å². The molecule has 28 heavy (non-hydrogen) atoms. The lowest BCUT2D eigenvalue weighted by atomic mass is 10.2. The summed E-state index contributed by atoms with van der Waals surface area (Å²) in [4.78, 5) is 7.74. The average Bonchev–Trinajstić information content (AvgIpc) is 3.16. The molecule has 0 aromatic carbocycles. The lowest BCUT2D eigenvalue weighted by Crippen LogP contribution is -2.39. The Morgan fingerprint density at radius 2 is 2.07 bits per heavy atom. The lowest BCUT2D eigenvalue weighted by molar-refractivity contribution is 0.347. The standard InChI is InChI=1S/C19H32N4O2S2.HI/c1-4-6-8-13-22(3)19(20-5-2)21-16-17-11-12-18(26-17)27(24,25)23-14-9-7-10-15-23;/h4,11-12H,1,5-10,13-16H2,2-3H3,(H,20,21);1H. The number of nitrogens with zero attached hydrogens (tertiary/aromatic N) is 3. The molecule has 1 saturated heterocycles. The zero-order chi connectivity index (χ0) is 19.7. The second-order valence-electron chi connectivity index (χ2n) is 6.71. The number of aliphatic imine (C=N–C) groups is 1. The first kappa shape index (κ1) is 25.4. The SMILES string of the molecule is C=CCCCN(C)C(=NCc1ccc(S(=O)(=O)N2CCCCC2)s1)NCC.I. The highest BCUT2D eigenvalue weighted by Crippen LogP contribution is 2.27. The first-order chi connectivity index (χ1) is 13.0. The van der Waals surface area contributed by atoms with Crippen molar-refractivity contribution in [1.82, 2.24) is 14.5 Å². The molecule has 0 saturated carbocycles. The van der Waals surface area contributed by atoms with E-state index in [0.29, 0.717) is 23.8 Å². The molecule has 1 fully saturated rings. The number of piperidine rings is 1. The van der Waals surface area contributed by atoms with Crippen LogP contribution >= 0.6 is 35.3 Å². The minimum absolute atomic E-state index is 0. The number of allylic oxidation sites excluding steroid dienone is 1. The van der Waals surface area contributed by atoms with E-state index in [4.69, 9.17) is 0 Å². The van der Waals surface area contributed by atoms with Crippen LogP contribution in [0.4, 0.5) is 0 Å². The van der Waals surface area contributed by atoms with Crippen LogP contribution in [-0.4, -0.2) is 56.8 Å². The number of hydrogen-bond acceptors (Lipinski definition) is 4. The highest BCUT2D eigenvalue weighted by atomic mass is 127. The molecule has 0 spiro atoms. The van der Waals surface area contributed by atoms with E-state index in [1.165, 1.54) is 11.3 Å². The van der Waals surface area contributed by atoms with Gasteiger partial charge < -0.3 is 10.2 Å². The first-order valence-electron chi connectivity index (χ1n) is 9.68. The number of rotatable bonds is 9.